The Hall–Kier alpha value is -2.64. The Kier molecular flexibility index (Phi) is 5.95. The van der Waals surface area contributed by atoms with E-state index in [1.54, 1.807) is 24.3 Å². The maximum atomic E-state index is 12.1. The molecule has 0 aliphatic carbocycles. The molecule has 25 heavy (non-hydrogen) atoms. The van der Waals surface area contributed by atoms with Crippen molar-refractivity contribution in [1.82, 2.24) is 0 Å². The van der Waals surface area contributed by atoms with Gasteiger partial charge in [0.25, 0.3) is 11.6 Å². The van der Waals surface area contributed by atoms with E-state index in [0.717, 1.165) is 6.07 Å². The van der Waals surface area contributed by atoms with E-state index in [9.17, 15) is 19.7 Å². The summed E-state index contributed by atoms with van der Waals surface area (Å²) in [5.41, 5.74) is -0.142. The van der Waals surface area contributed by atoms with Crippen molar-refractivity contribution in [3.63, 3.8) is 0 Å². The fourth-order valence-corrected chi connectivity index (χ4v) is 2.23. The average molecular weight is 383 g/mol. The lowest BCUT2D eigenvalue weighted by molar-refractivity contribution is -0.384. The van der Waals surface area contributed by atoms with Crippen molar-refractivity contribution in [2.75, 3.05) is 5.32 Å². The van der Waals surface area contributed by atoms with Crippen molar-refractivity contribution >= 4 is 46.5 Å². The van der Waals surface area contributed by atoms with Gasteiger partial charge in [0, 0.05) is 6.07 Å². The van der Waals surface area contributed by atoms with Gasteiger partial charge in [-0.2, -0.15) is 0 Å². The second-order valence-corrected chi connectivity index (χ2v) is 5.75. The summed E-state index contributed by atoms with van der Waals surface area (Å²) in [6.07, 6.45) is -1.14. The Morgan fingerprint density at radius 2 is 1.84 bits per heavy atom. The Bertz CT molecular complexity index is 841. The number of nitrogens with zero attached hydrogens (tertiary/aromatic N) is 1. The first-order valence-corrected chi connectivity index (χ1v) is 7.75. The molecule has 2 aromatic carbocycles. The van der Waals surface area contributed by atoms with E-state index >= 15 is 0 Å². The number of para-hydroxylation sites is 1. The molecule has 9 heteroatoms. The Morgan fingerprint density at radius 1 is 1.16 bits per heavy atom. The highest BCUT2D eigenvalue weighted by Gasteiger charge is 2.22. The molecule has 2 rings (SSSR count). The van der Waals surface area contributed by atoms with Gasteiger partial charge in [0.1, 0.15) is 5.02 Å². The summed E-state index contributed by atoms with van der Waals surface area (Å²) >= 11 is 11.6. The molecule has 1 N–H and O–H groups in total. The molecule has 2 aromatic rings. The zero-order valence-electron chi connectivity index (χ0n) is 12.9. The van der Waals surface area contributed by atoms with Crippen LogP contribution in [0.1, 0.15) is 17.3 Å². The summed E-state index contributed by atoms with van der Waals surface area (Å²) in [6, 6.07) is 10.1. The number of carbonyl (C=O) groups is 2. The fourth-order valence-electron chi connectivity index (χ4n) is 1.86. The van der Waals surface area contributed by atoms with Crippen LogP contribution in [0.2, 0.25) is 10.0 Å². The van der Waals surface area contributed by atoms with E-state index in [1.165, 1.54) is 19.1 Å². The fraction of sp³-hybridized carbons (Fsp3) is 0.125. The Labute approximate surface area is 152 Å². The molecular formula is C16H12Cl2N2O5. The van der Waals surface area contributed by atoms with Gasteiger partial charge < -0.3 is 10.1 Å². The van der Waals surface area contributed by atoms with Crippen molar-refractivity contribution in [3.05, 3.63) is 68.2 Å². The topological polar surface area (TPSA) is 98.5 Å². The summed E-state index contributed by atoms with van der Waals surface area (Å²) in [7, 11) is 0. The van der Waals surface area contributed by atoms with Crippen LogP contribution in [0.25, 0.3) is 0 Å². The van der Waals surface area contributed by atoms with Crippen LogP contribution in [-0.4, -0.2) is 22.9 Å². The van der Waals surface area contributed by atoms with Crippen LogP contribution in [-0.2, 0) is 9.53 Å². The number of benzene rings is 2. The number of rotatable bonds is 5. The Balaban J connectivity index is 2.07. The SMILES string of the molecule is CC(OC(=O)c1ccc(Cl)c([N+](=O)[O-])c1)C(=O)Nc1ccccc1Cl. The van der Waals surface area contributed by atoms with E-state index in [2.05, 4.69) is 5.32 Å². The van der Waals surface area contributed by atoms with Gasteiger partial charge in [-0.1, -0.05) is 35.3 Å². The van der Waals surface area contributed by atoms with Gasteiger partial charge in [-0.3, -0.25) is 14.9 Å². The highest BCUT2D eigenvalue weighted by atomic mass is 35.5. The average Bonchev–Trinajstić information content (AvgIpc) is 2.56. The van der Waals surface area contributed by atoms with Crippen LogP contribution in [0.5, 0.6) is 0 Å². The number of nitro groups is 1. The van der Waals surface area contributed by atoms with Gasteiger partial charge in [0.15, 0.2) is 6.10 Å². The van der Waals surface area contributed by atoms with Gasteiger partial charge in [0.2, 0.25) is 0 Å². The summed E-state index contributed by atoms with van der Waals surface area (Å²) in [4.78, 5) is 34.3. The highest BCUT2D eigenvalue weighted by Crippen LogP contribution is 2.25. The third-order valence-electron chi connectivity index (χ3n) is 3.16. The molecule has 130 valence electrons. The third-order valence-corrected chi connectivity index (χ3v) is 3.81. The molecule has 0 radical (unpaired) electrons. The quantitative estimate of drug-likeness (QED) is 0.477. The number of hydrogen-bond donors (Lipinski definition) is 1. The minimum Gasteiger partial charge on any atom is -0.449 e. The summed E-state index contributed by atoms with van der Waals surface area (Å²) < 4.78 is 5.03. The number of amides is 1. The second-order valence-electron chi connectivity index (χ2n) is 4.94. The summed E-state index contributed by atoms with van der Waals surface area (Å²) in [5.74, 6) is -1.48. The standard InChI is InChI=1S/C16H12Cl2N2O5/c1-9(15(21)19-13-5-3-2-4-11(13)17)25-16(22)10-6-7-12(18)14(8-10)20(23)24/h2-9H,1H3,(H,19,21). The minimum absolute atomic E-state index is 0.0894. The zero-order chi connectivity index (χ0) is 18.6. The van der Waals surface area contributed by atoms with Crippen LogP contribution in [0, 0.1) is 10.1 Å². The zero-order valence-corrected chi connectivity index (χ0v) is 14.4. The van der Waals surface area contributed by atoms with E-state index in [0.29, 0.717) is 10.7 Å². The minimum atomic E-state index is -1.14. The van der Waals surface area contributed by atoms with Gasteiger partial charge in [0.05, 0.1) is 21.2 Å². The predicted molar refractivity (Wildman–Crippen MR) is 93.1 cm³/mol. The maximum Gasteiger partial charge on any atom is 0.339 e. The van der Waals surface area contributed by atoms with E-state index < -0.39 is 28.6 Å². The van der Waals surface area contributed by atoms with Gasteiger partial charge in [-0.25, -0.2) is 4.79 Å². The van der Waals surface area contributed by atoms with Crippen molar-refractivity contribution in [2.24, 2.45) is 0 Å². The molecule has 0 aliphatic rings. The molecule has 0 heterocycles. The molecule has 1 amide bonds. The molecular weight excluding hydrogens is 371 g/mol. The van der Waals surface area contributed by atoms with Crippen molar-refractivity contribution in [1.29, 1.82) is 0 Å². The molecule has 0 bridgehead atoms. The van der Waals surface area contributed by atoms with Gasteiger partial charge >= 0.3 is 5.97 Å². The van der Waals surface area contributed by atoms with Crippen LogP contribution in [0.3, 0.4) is 0 Å². The molecule has 0 fully saturated rings. The largest absolute Gasteiger partial charge is 0.449 e. The van der Waals surface area contributed by atoms with Crippen molar-refractivity contribution in [3.8, 4) is 0 Å². The molecule has 1 atom stereocenters. The number of esters is 1. The maximum absolute atomic E-state index is 12.1. The molecule has 0 spiro atoms. The number of carbonyl (C=O) groups excluding carboxylic acids is 2. The van der Waals surface area contributed by atoms with E-state index in [4.69, 9.17) is 27.9 Å². The number of nitrogens with one attached hydrogen (secondary N) is 1. The third kappa shape index (κ3) is 4.68. The van der Waals surface area contributed by atoms with E-state index in [-0.39, 0.29) is 10.6 Å². The number of hydrogen-bond acceptors (Lipinski definition) is 5. The molecule has 1 unspecified atom stereocenters. The summed E-state index contributed by atoms with van der Waals surface area (Å²) in [5, 5.41) is 13.6. The Morgan fingerprint density at radius 3 is 2.48 bits per heavy atom. The smallest absolute Gasteiger partial charge is 0.339 e. The first kappa shape index (κ1) is 18.7. The number of nitro benzene ring substituents is 1. The molecule has 0 aliphatic heterocycles. The number of ether oxygens (including phenoxy) is 1. The molecule has 0 aromatic heterocycles. The summed E-state index contributed by atoms with van der Waals surface area (Å²) in [6.45, 7) is 1.37. The molecule has 7 nitrogen and oxygen atoms in total. The lowest BCUT2D eigenvalue weighted by Crippen LogP contribution is -2.30. The lowest BCUT2D eigenvalue weighted by atomic mass is 10.2. The van der Waals surface area contributed by atoms with E-state index in [1.807, 2.05) is 0 Å². The number of anilines is 1. The highest BCUT2D eigenvalue weighted by molar-refractivity contribution is 6.33. The normalized spacial score (nSPS) is 11.5. The van der Waals surface area contributed by atoms with Crippen LogP contribution < -0.4 is 5.32 Å². The first-order valence-electron chi connectivity index (χ1n) is 7.00. The predicted octanol–water partition coefficient (Wildman–Crippen LogP) is 4.09. The van der Waals surface area contributed by atoms with Crippen molar-refractivity contribution in [2.45, 2.75) is 13.0 Å². The van der Waals surface area contributed by atoms with Crippen LogP contribution >= 0.6 is 23.2 Å². The van der Waals surface area contributed by atoms with Crippen LogP contribution in [0.15, 0.2) is 42.5 Å². The molecule has 0 saturated carbocycles. The first-order chi connectivity index (χ1) is 11.8. The van der Waals surface area contributed by atoms with Gasteiger partial charge in [-0.15, -0.1) is 0 Å². The molecule has 0 saturated heterocycles. The van der Waals surface area contributed by atoms with Crippen LogP contribution in [0.4, 0.5) is 11.4 Å². The monoisotopic (exact) mass is 382 g/mol. The lowest BCUT2D eigenvalue weighted by Gasteiger charge is -2.14. The van der Waals surface area contributed by atoms with Crippen molar-refractivity contribution < 1.29 is 19.2 Å². The second kappa shape index (κ2) is 7.96. The van der Waals surface area contributed by atoms with Gasteiger partial charge in [-0.05, 0) is 31.2 Å². The number of halogens is 2.